The van der Waals surface area contributed by atoms with E-state index < -0.39 is 16.1 Å². The van der Waals surface area contributed by atoms with Crippen molar-refractivity contribution in [2.24, 2.45) is 0 Å². The van der Waals surface area contributed by atoms with Crippen LogP contribution in [0.1, 0.15) is 30.9 Å². The van der Waals surface area contributed by atoms with Crippen LogP contribution in [0.15, 0.2) is 48.5 Å². The molecule has 2 rings (SSSR count). The highest BCUT2D eigenvalue weighted by Crippen LogP contribution is 2.21. The number of nitrogens with zero attached hydrogens (tertiary/aromatic N) is 2. The Morgan fingerprint density at radius 1 is 1.06 bits per heavy atom. The zero-order valence-corrected chi connectivity index (χ0v) is 20.4. The Balaban J connectivity index is 2.12. The van der Waals surface area contributed by atoms with E-state index in [9.17, 15) is 18.0 Å². The molecule has 32 heavy (non-hydrogen) atoms. The second kappa shape index (κ2) is 11.3. The molecule has 0 aromatic heterocycles. The van der Waals surface area contributed by atoms with Gasteiger partial charge in [-0.1, -0.05) is 41.4 Å². The number of halogens is 1. The van der Waals surface area contributed by atoms with Crippen LogP contribution >= 0.6 is 11.6 Å². The zero-order valence-electron chi connectivity index (χ0n) is 18.8. The Kier molecular flexibility index (Phi) is 9.09. The van der Waals surface area contributed by atoms with Crippen LogP contribution in [0.4, 0.5) is 5.69 Å². The minimum absolute atomic E-state index is 0.104. The van der Waals surface area contributed by atoms with Crippen LogP contribution in [0, 0.1) is 6.92 Å². The second-order valence-corrected chi connectivity index (χ2v) is 10.1. The van der Waals surface area contributed by atoms with Crippen molar-refractivity contribution < 1.29 is 18.0 Å². The molecule has 0 spiro atoms. The first kappa shape index (κ1) is 25.7. The number of hydrogen-bond acceptors (Lipinski definition) is 4. The Hall–Kier alpha value is -2.58. The Bertz CT molecular complexity index is 1020. The number of benzene rings is 2. The van der Waals surface area contributed by atoms with Crippen molar-refractivity contribution in [3.63, 3.8) is 0 Å². The van der Waals surface area contributed by atoms with Crippen molar-refractivity contribution in [2.45, 2.75) is 39.3 Å². The van der Waals surface area contributed by atoms with E-state index in [0.29, 0.717) is 23.7 Å². The maximum atomic E-state index is 13.0. The summed E-state index contributed by atoms with van der Waals surface area (Å²) in [6, 6.07) is 13.6. The smallest absolute Gasteiger partial charge is 0.242 e. The lowest BCUT2D eigenvalue weighted by Gasteiger charge is -2.29. The van der Waals surface area contributed by atoms with Gasteiger partial charge in [-0.3, -0.25) is 13.9 Å². The molecule has 7 nitrogen and oxygen atoms in total. The van der Waals surface area contributed by atoms with E-state index in [-0.39, 0.29) is 24.8 Å². The largest absolute Gasteiger partial charge is 0.357 e. The average Bonchev–Trinajstić information content (AvgIpc) is 2.75. The number of likely N-dealkylation sites (N-methyl/N-ethyl adjacent to an activating group) is 1. The first-order valence-corrected chi connectivity index (χ1v) is 12.6. The molecule has 1 N–H and O–H groups in total. The van der Waals surface area contributed by atoms with Gasteiger partial charge in [0.15, 0.2) is 0 Å². The van der Waals surface area contributed by atoms with E-state index in [1.807, 2.05) is 31.2 Å². The molecule has 0 fully saturated rings. The van der Waals surface area contributed by atoms with Crippen molar-refractivity contribution in [1.29, 1.82) is 0 Å². The molecule has 0 saturated carbocycles. The first-order chi connectivity index (χ1) is 15.0. The Morgan fingerprint density at radius 3 is 2.19 bits per heavy atom. The van der Waals surface area contributed by atoms with Crippen molar-refractivity contribution in [3.05, 3.63) is 64.7 Å². The third kappa shape index (κ3) is 7.24. The number of aryl methyl sites for hydroxylation is 1. The lowest BCUT2D eigenvalue weighted by molar-refractivity contribution is -0.140. The summed E-state index contributed by atoms with van der Waals surface area (Å²) < 4.78 is 25.8. The third-order valence-electron chi connectivity index (χ3n) is 5.15. The molecule has 0 unspecified atom stereocenters. The van der Waals surface area contributed by atoms with Gasteiger partial charge in [-0.15, -0.1) is 0 Å². The van der Waals surface area contributed by atoms with Crippen LogP contribution in [0.2, 0.25) is 5.02 Å². The standard InChI is InChI=1S/C23H30ClN3O4S/c1-17-7-9-19(10-8-17)16-26(18(2)23(29)25-3)22(28)6-5-15-27(32(4,30)31)21-13-11-20(24)12-14-21/h7-14,18H,5-6,15-16H2,1-4H3,(H,25,29)/t18-/m0/s1. The monoisotopic (exact) mass is 479 g/mol. The van der Waals surface area contributed by atoms with E-state index in [0.717, 1.165) is 17.4 Å². The average molecular weight is 480 g/mol. The summed E-state index contributed by atoms with van der Waals surface area (Å²) in [4.78, 5) is 26.8. The van der Waals surface area contributed by atoms with Crippen LogP contribution in [0.3, 0.4) is 0 Å². The molecule has 0 saturated heterocycles. The molecule has 0 aliphatic carbocycles. The number of carbonyl (C=O) groups is 2. The summed E-state index contributed by atoms with van der Waals surface area (Å²) in [6.07, 6.45) is 1.53. The second-order valence-electron chi connectivity index (χ2n) is 7.71. The van der Waals surface area contributed by atoms with Crippen LogP contribution in [0.25, 0.3) is 0 Å². The van der Waals surface area contributed by atoms with Crippen LogP contribution in [0.5, 0.6) is 0 Å². The number of sulfonamides is 1. The summed E-state index contributed by atoms with van der Waals surface area (Å²) in [7, 11) is -2.00. The summed E-state index contributed by atoms with van der Waals surface area (Å²) in [5, 5.41) is 3.09. The molecule has 0 aliphatic heterocycles. The van der Waals surface area contributed by atoms with Crippen LogP contribution < -0.4 is 9.62 Å². The molecular weight excluding hydrogens is 450 g/mol. The van der Waals surface area contributed by atoms with Gasteiger partial charge < -0.3 is 10.2 Å². The molecule has 0 radical (unpaired) electrons. The van der Waals surface area contributed by atoms with Crippen LogP contribution in [-0.2, 0) is 26.2 Å². The van der Waals surface area contributed by atoms with E-state index >= 15 is 0 Å². The molecule has 2 amide bonds. The first-order valence-electron chi connectivity index (χ1n) is 10.3. The zero-order chi connectivity index (χ0) is 23.9. The van der Waals surface area contributed by atoms with Crippen molar-refractivity contribution >= 4 is 39.1 Å². The topological polar surface area (TPSA) is 86.8 Å². The summed E-state index contributed by atoms with van der Waals surface area (Å²) in [5.74, 6) is -0.476. The van der Waals surface area contributed by atoms with Gasteiger partial charge in [-0.25, -0.2) is 8.42 Å². The van der Waals surface area contributed by atoms with Crippen molar-refractivity contribution in [3.8, 4) is 0 Å². The summed E-state index contributed by atoms with van der Waals surface area (Å²) in [6.45, 7) is 4.09. The number of anilines is 1. The molecule has 0 bridgehead atoms. The third-order valence-corrected chi connectivity index (χ3v) is 6.60. The number of carbonyl (C=O) groups excluding carboxylic acids is 2. The van der Waals surface area contributed by atoms with E-state index in [1.54, 1.807) is 31.2 Å². The number of rotatable bonds is 10. The Morgan fingerprint density at radius 2 is 1.66 bits per heavy atom. The quantitative estimate of drug-likeness (QED) is 0.566. The van der Waals surface area contributed by atoms with E-state index in [4.69, 9.17) is 11.6 Å². The summed E-state index contributed by atoms with van der Waals surface area (Å²) in [5.41, 5.74) is 2.51. The van der Waals surface area contributed by atoms with E-state index in [1.165, 1.54) is 16.3 Å². The molecule has 9 heteroatoms. The van der Waals surface area contributed by atoms with Gasteiger partial charge in [-0.2, -0.15) is 0 Å². The van der Waals surface area contributed by atoms with Gasteiger partial charge in [0.1, 0.15) is 6.04 Å². The maximum Gasteiger partial charge on any atom is 0.242 e. The van der Waals surface area contributed by atoms with Crippen molar-refractivity contribution in [2.75, 3.05) is 24.2 Å². The van der Waals surface area contributed by atoms with Gasteiger partial charge in [-0.05, 0) is 50.1 Å². The fourth-order valence-corrected chi connectivity index (χ4v) is 4.38. The SMILES string of the molecule is CNC(=O)[C@H](C)N(Cc1ccc(C)cc1)C(=O)CCCN(c1ccc(Cl)cc1)S(C)(=O)=O. The van der Waals surface area contributed by atoms with Gasteiger partial charge in [0.05, 0.1) is 11.9 Å². The fraction of sp³-hybridized carbons (Fsp3) is 0.391. The predicted octanol–water partition coefficient (Wildman–Crippen LogP) is 3.36. The number of nitrogens with one attached hydrogen (secondary N) is 1. The van der Waals surface area contributed by atoms with Crippen molar-refractivity contribution in [1.82, 2.24) is 10.2 Å². The molecule has 0 heterocycles. The highest BCUT2D eigenvalue weighted by Gasteiger charge is 2.26. The maximum absolute atomic E-state index is 13.0. The molecule has 2 aromatic carbocycles. The molecule has 2 aromatic rings. The van der Waals surface area contributed by atoms with E-state index in [2.05, 4.69) is 5.32 Å². The molecule has 0 aliphatic rings. The lowest BCUT2D eigenvalue weighted by Crippen LogP contribution is -2.46. The Labute approximate surface area is 195 Å². The van der Waals surface area contributed by atoms with Gasteiger partial charge in [0, 0.05) is 31.6 Å². The molecule has 1 atom stereocenters. The van der Waals surface area contributed by atoms with Gasteiger partial charge in [0.2, 0.25) is 21.8 Å². The fourth-order valence-electron chi connectivity index (χ4n) is 3.29. The summed E-state index contributed by atoms with van der Waals surface area (Å²) >= 11 is 5.90. The number of amides is 2. The lowest BCUT2D eigenvalue weighted by atomic mass is 10.1. The minimum atomic E-state index is -3.53. The normalized spacial score (nSPS) is 12.2. The van der Waals surface area contributed by atoms with Gasteiger partial charge >= 0.3 is 0 Å². The minimum Gasteiger partial charge on any atom is -0.357 e. The number of hydrogen-bond donors (Lipinski definition) is 1. The van der Waals surface area contributed by atoms with Gasteiger partial charge in [0.25, 0.3) is 0 Å². The van der Waals surface area contributed by atoms with Crippen LogP contribution in [-0.4, -0.2) is 51.0 Å². The highest BCUT2D eigenvalue weighted by molar-refractivity contribution is 7.92. The predicted molar refractivity (Wildman–Crippen MR) is 128 cm³/mol. The highest BCUT2D eigenvalue weighted by atomic mass is 35.5. The molecule has 174 valence electrons. The molecular formula is C23H30ClN3O4S.